The zero-order valence-corrected chi connectivity index (χ0v) is 22.8. The van der Waals surface area contributed by atoms with Crippen molar-refractivity contribution in [3.8, 4) is 11.5 Å². The summed E-state index contributed by atoms with van der Waals surface area (Å²) < 4.78 is 36.5. The SMILES string of the molecule is CCc1ccc(N(CC(=O)Nc2ccccc2C(=O)NCCc2ccc(OC)c(OC)c2)S(C)(=O)=O)cc1. The molecule has 2 N–H and O–H groups in total. The van der Waals surface area contributed by atoms with Crippen LogP contribution in [-0.4, -0.2) is 53.8 Å². The Bertz CT molecular complexity index is 1370. The molecule has 0 fully saturated rings. The Hall–Kier alpha value is -4.05. The Balaban J connectivity index is 1.66. The van der Waals surface area contributed by atoms with Gasteiger partial charge in [0.05, 0.1) is 37.4 Å². The number of nitrogens with one attached hydrogen (secondary N) is 2. The average molecular weight is 540 g/mol. The van der Waals surface area contributed by atoms with Crippen molar-refractivity contribution in [2.45, 2.75) is 19.8 Å². The minimum atomic E-state index is -3.72. The molecule has 0 heterocycles. The summed E-state index contributed by atoms with van der Waals surface area (Å²) in [6, 6.07) is 19.1. The lowest BCUT2D eigenvalue weighted by Crippen LogP contribution is -2.37. The number of carbonyl (C=O) groups excluding carboxylic acids is 2. The molecule has 9 nitrogen and oxygen atoms in total. The molecule has 2 amide bonds. The molecular weight excluding hydrogens is 506 g/mol. The quantitative estimate of drug-likeness (QED) is 0.363. The summed E-state index contributed by atoms with van der Waals surface area (Å²) in [6.45, 7) is 1.92. The van der Waals surface area contributed by atoms with E-state index in [4.69, 9.17) is 9.47 Å². The summed E-state index contributed by atoms with van der Waals surface area (Å²) in [5, 5.41) is 5.55. The largest absolute Gasteiger partial charge is 0.493 e. The van der Waals surface area contributed by atoms with E-state index < -0.39 is 22.5 Å². The van der Waals surface area contributed by atoms with E-state index in [1.165, 1.54) is 0 Å². The second-order valence-electron chi connectivity index (χ2n) is 8.58. The zero-order valence-electron chi connectivity index (χ0n) is 22.0. The molecule has 0 saturated heterocycles. The van der Waals surface area contributed by atoms with Crippen LogP contribution in [0.3, 0.4) is 0 Å². The maximum Gasteiger partial charge on any atom is 0.253 e. The number of rotatable bonds is 12. The molecule has 0 aliphatic rings. The highest BCUT2D eigenvalue weighted by molar-refractivity contribution is 7.92. The summed E-state index contributed by atoms with van der Waals surface area (Å²) in [6.07, 6.45) is 2.42. The third-order valence-electron chi connectivity index (χ3n) is 5.91. The lowest BCUT2D eigenvalue weighted by Gasteiger charge is -2.22. The number of sulfonamides is 1. The summed E-state index contributed by atoms with van der Waals surface area (Å²) in [4.78, 5) is 25.8. The highest BCUT2D eigenvalue weighted by atomic mass is 32.2. The molecule has 0 saturated carbocycles. The van der Waals surface area contributed by atoms with E-state index in [1.54, 1.807) is 56.7 Å². The molecule has 3 aromatic carbocycles. The van der Waals surface area contributed by atoms with Crippen molar-refractivity contribution < 1.29 is 27.5 Å². The second-order valence-corrected chi connectivity index (χ2v) is 10.5. The summed E-state index contributed by atoms with van der Waals surface area (Å²) in [5.74, 6) is 0.295. The number of nitrogens with zero attached hydrogens (tertiary/aromatic N) is 1. The van der Waals surface area contributed by atoms with E-state index in [9.17, 15) is 18.0 Å². The minimum absolute atomic E-state index is 0.270. The van der Waals surface area contributed by atoms with Gasteiger partial charge in [-0.1, -0.05) is 37.3 Å². The number of benzene rings is 3. The predicted octanol–water partition coefficient (Wildman–Crippen LogP) is 3.64. The number of carbonyl (C=O) groups is 2. The number of anilines is 2. The van der Waals surface area contributed by atoms with Crippen LogP contribution in [0.25, 0.3) is 0 Å². The van der Waals surface area contributed by atoms with Gasteiger partial charge in [0.15, 0.2) is 11.5 Å². The number of para-hydroxylation sites is 1. The van der Waals surface area contributed by atoms with Crippen LogP contribution in [0.4, 0.5) is 11.4 Å². The maximum atomic E-state index is 12.9. The Morgan fingerprint density at radius 1 is 0.895 bits per heavy atom. The molecule has 3 rings (SSSR count). The van der Waals surface area contributed by atoms with Gasteiger partial charge in [-0.05, 0) is 60.4 Å². The van der Waals surface area contributed by atoms with Gasteiger partial charge < -0.3 is 20.1 Å². The molecule has 38 heavy (non-hydrogen) atoms. The molecule has 0 aromatic heterocycles. The number of aryl methyl sites for hydroxylation is 1. The van der Waals surface area contributed by atoms with Crippen LogP contribution < -0.4 is 24.4 Å². The normalized spacial score (nSPS) is 10.9. The third-order valence-corrected chi connectivity index (χ3v) is 7.05. The molecule has 3 aromatic rings. The van der Waals surface area contributed by atoms with Gasteiger partial charge in [0.2, 0.25) is 15.9 Å². The lowest BCUT2D eigenvalue weighted by atomic mass is 10.1. The summed E-state index contributed by atoms with van der Waals surface area (Å²) in [5.41, 5.74) is 2.96. The minimum Gasteiger partial charge on any atom is -0.493 e. The third kappa shape index (κ3) is 7.48. The van der Waals surface area contributed by atoms with E-state index in [2.05, 4.69) is 10.6 Å². The molecule has 0 spiro atoms. The van der Waals surface area contributed by atoms with Gasteiger partial charge in [-0.15, -0.1) is 0 Å². The first kappa shape index (κ1) is 28.5. The van der Waals surface area contributed by atoms with Gasteiger partial charge in [0, 0.05) is 6.54 Å². The molecule has 202 valence electrons. The van der Waals surface area contributed by atoms with Crippen LogP contribution in [-0.2, 0) is 27.7 Å². The van der Waals surface area contributed by atoms with E-state index >= 15 is 0 Å². The van der Waals surface area contributed by atoms with Crippen LogP contribution in [0.1, 0.15) is 28.4 Å². The number of methoxy groups -OCH3 is 2. The van der Waals surface area contributed by atoms with Gasteiger partial charge in [0.1, 0.15) is 6.54 Å². The Morgan fingerprint density at radius 2 is 1.55 bits per heavy atom. The molecule has 0 atom stereocenters. The summed E-state index contributed by atoms with van der Waals surface area (Å²) >= 11 is 0. The number of hydrogen-bond donors (Lipinski definition) is 2. The van der Waals surface area contributed by atoms with Crippen molar-refractivity contribution in [2.24, 2.45) is 0 Å². The highest BCUT2D eigenvalue weighted by Gasteiger charge is 2.22. The molecule has 0 radical (unpaired) electrons. The van der Waals surface area contributed by atoms with Crippen LogP contribution in [0.2, 0.25) is 0 Å². The number of amides is 2. The Kier molecular flexibility index (Phi) is 9.72. The van der Waals surface area contributed by atoms with Crippen molar-refractivity contribution in [1.82, 2.24) is 5.32 Å². The fourth-order valence-corrected chi connectivity index (χ4v) is 4.72. The second kappa shape index (κ2) is 13.0. The maximum absolute atomic E-state index is 12.9. The average Bonchev–Trinajstić information content (AvgIpc) is 2.91. The van der Waals surface area contributed by atoms with E-state index in [-0.39, 0.29) is 17.2 Å². The van der Waals surface area contributed by atoms with Gasteiger partial charge >= 0.3 is 0 Å². The first-order valence-electron chi connectivity index (χ1n) is 12.1. The molecule has 0 unspecified atom stereocenters. The van der Waals surface area contributed by atoms with Crippen LogP contribution in [0.15, 0.2) is 66.7 Å². The number of ether oxygens (including phenoxy) is 2. The van der Waals surface area contributed by atoms with E-state index in [0.29, 0.717) is 30.2 Å². The van der Waals surface area contributed by atoms with Crippen LogP contribution >= 0.6 is 0 Å². The molecule has 0 bridgehead atoms. The van der Waals surface area contributed by atoms with Gasteiger partial charge in [-0.3, -0.25) is 13.9 Å². The van der Waals surface area contributed by atoms with Gasteiger partial charge in [0.25, 0.3) is 5.91 Å². The van der Waals surface area contributed by atoms with E-state index in [1.807, 2.05) is 31.2 Å². The fraction of sp³-hybridized carbons (Fsp3) is 0.286. The molecular formula is C28H33N3O6S. The molecule has 0 aliphatic carbocycles. The lowest BCUT2D eigenvalue weighted by molar-refractivity contribution is -0.114. The molecule has 0 aliphatic heterocycles. The monoisotopic (exact) mass is 539 g/mol. The van der Waals surface area contributed by atoms with Crippen molar-refractivity contribution in [1.29, 1.82) is 0 Å². The van der Waals surface area contributed by atoms with Gasteiger partial charge in [-0.2, -0.15) is 0 Å². The fourth-order valence-electron chi connectivity index (χ4n) is 3.86. The predicted molar refractivity (Wildman–Crippen MR) is 149 cm³/mol. The Labute approximate surface area is 223 Å². The first-order chi connectivity index (χ1) is 18.2. The van der Waals surface area contributed by atoms with E-state index in [0.717, 1.165) is 28.1 Å². The topological polar surface area (TPSA) is 114 Å². The van der Waals surface area contributed by atoms with Gasteiger partial charge in [-0.25, -0.2) is 8.42 Å². The highest BCUT2D eigenvalue weighted by Crippen LogP contribution is 2.27. The number of hydrogen-bond acceptors (Lipinski definition) is 6. The Morgan fingerprint density at radius 3 is 2.18 bits per heavy atom. The first-order valence-corrected chi connectivity index (χ1v) is 14.0. The van der Waals surface area contributed by atoms with Crippen molar-refractivity contribution in [2.75, 3.05) is 43.2 Å². The van der Waals surface area contributed by atoms with Crippen molar-refractivity contribution >= 4 is 33.2 Å². The summed E-state index contributed by atoms with van der Waals surface area (Å²) in [7, 11) is -0.596. The van der Waals surface area contributed by atoms with Crippen molar-refractivity contribution in [3.63, 3.8) is 0 Å². The van der Waals surface area contributed by atoms with Crippen molar-refractivity contribution in [3.05, 3.63) is 83.4 Å². The molecule has 10 heteroatoms. The standard InChI is InChI=1S/C28H33N3O6S/c1-5-20-10-13-22(14-11-20)31(38(4,34)35)19-27(32)30-24-9-7-6-8-23(24)28(33)29-17-16-21-12-15-25(36-2)26(18-21)37-3/h6-15,18H,5,16-17,19H2,1-4H3,(H,29,33)(H,30,32). The van der Waals surface area contributed by atoms with Crippen LogP contribution in [0, 0.1) is 0 Å². The zero-order chi connectivity index (χ0) is 27.7. The smallest absolute Gasteiger partial charge is 0.253 e. The van der Waals surface area contributed by atoms with Crippen LogP contribution in [0.5, 0.6) is 11.5 Å².